The molecule has 0 atom stereocenters. The van der Waals surface area contributed by atoms with Gasteiger partial charge in [-0.25, -0.2) is 4.98 Å². The van der Waals surface area contributed by atoms with Crippen LogP contribution in [0.1, 0.15) is 19.3 Å². The molecule has 1 saturated carbocycles. The number of carbonyl (C=O) groups excluding carboxylic acids is 1. The predicted octanol–water partition coefficient (Wildman–Crippen LogP) is 1.15. The molecular weight excluding hydrogens is 154 g/mol. The van der Waals surface area contributed by atoms with Crippen molar-refractivity contribution in [1.82, 2.24) is 9.97 Å². The third-order valence-corrected chi connectivity index (χ3v) is 2.22. The lowest BCUT2D eigenvalue weighted by atomic mass is 9.85. The van der Waals surface area contributed by atoms with E-state index in [0.717, 1.165) is 12.8 Å². The molecule has 0 saturated heterocycles. The number of imidazole rings is 1. The maximum atomic E-state index is 11.3. The van der Waals surface area contributed by atoms with Crippen LogP contribution in [0.2, 0.25) is 0 Å². The summed E-state index contributed by atoms with van der Waals surface area (Å²) in [4.78, 5) is 18.1. The highest BCUT2D eigenvalue weighted by Crippen LogP contribution is 2.26. The fourth-order valence-electron chi connectivity index (χ4n) is 1.22. The lowest BCUT2D eigenvalue weighted by molar-refractivity contribution is -0.122. The Kier molecular flexibility index (Phi) is 1.81. The number of nitrogens with zero attached hydrogens (tertiary/aromatic N) is 1. The minimum atomic E-state index is 0.0937. The Bertz CT molecular complexity index is 264. The molecule has 1 fully saturated rings. The van der Waals surface area contributed by atoms with E-state index in [2.05, 4.69) is 15.3 Å². The standard InChI is InChI=1S/C8H11N3O/c12-7(6-2-1-3-6)11-8-9-4-5-10-8/h4-6H,1-3H2,(H2,9,10,11,12). The van der Waals surface area contributed by atoms with Crippen molar-refractivity contribution in [2.45, 2.75) is 19.3 Å². The van der Waals surface area contributed by atoms with Gasteiger partial charge in [0.2, 0.25) is 11.9 Å². The summed E-state index contributed by atoms with van der Waals surface area (Å²) in [6.45, 7) is 0. The molecule has 1 aliphatic rings. The summed E-state index contributed by atoms with van der Waals surface area (Å²) in [5.74, 6) is 0.859. The van der Waals surface area contributed by atoms with Crippen LogP contribution in [-0.2, 0) is 4.79 Å². The van der Waals surface area contributed by atoms with Gasteiger partial charge in [-0.2, -0.15) is 0 Å². The molecule has 0 unspecified atom stereocenters. The molecular formula is C8H11N3O. The molecule has 4 heteroatoms. The van der Waals surface area contributed by atoms with E-state index in [4.69, 9.17) is 0 Å². The van der Waals surface area contributed by atoms with Gasteiger partial charge in [0.05, 0.1) is 0 Å². The normalized spacial score (nSPS) is 17.0. The van der Waals surface area contributed by atoms with Crippen molar-refractivity contribution in [2.24, 2.45) is 5.92 Å². The molecule has 12 heavy (non-hydrogen) atoms. The molecule has 0 radical (unpaired) electrons. The van der Waals surface area contributed by atoms with Crippen LogP contribution in [0.15, 0.2) is 12.4 Å². The summed E-state index contributed by atoms with van der Waals surface area (Å²) in [6, 6.07) is 0. The first-order valence-electron chi connectivity index (χ1n) is 4.16. The second-order valence-electron chi connectivity index (χ2n) is 3.05. The lowest BCUT2D eigenvalue weighted by Crippen LogP contribution is -2.28. The van der Waals surface area contributed by atoms with Crippen molar-refractivity contribution in [1.29, 1.82) is 0 Å². The Morgan fingerprint density at radius 3 is 3.00 bits per heavy atom. The summed E-state index contributed by atoms with van der Waals surface area (Å²) in [7, 11) is 0. The molecule has 1 heterocycles. The molecule has 1 aliphatic carbocycles. The van der Waals surface area contributed by atoms with Gasteiger partial charge in [0.25, 0.3) is 0 Å². The first-order valence-corrected chi connectivity index (χ1v) is 4.16. The summed E-state index contributed by atoms with van der Waals surface area (Å²) < 4.78 is 0. The van der Waals surface area contributed by atoms with Crippen LogP contribution >= 0.6 is 0 Å². The number of anilines is 1. The second-order valence-corrected chi connectivity index (χ2v) is 3.05. The van der Waals surface area contributed by atoms with E-state index < -0.39 is 0 Å². The Labute approximate surface area is 70.4 Å². The van der Waals surface area contributed by atoms with Gasteiger partial charge in [-0.3, -0.25) is 10.1 Å². The van der Waals surface area contributed by atoms with Gasteiger partial charge in [0.1, 0.15) is 0 Å². The quantitative estimate of drug-likeness (QED) is 0.690. The molecule has 1 amide bonds. The van der Waals surface area contributed by atoms with Crippen LogP contribution in [0.4, 0.5) is 5.95 Å². The predicted molar refractivity (Wildman–Crippen MR) is 44.6 cm³/mol. The van der Waals surface area contributed by atoms with Gasteiger partial charge < -0.3 is 4.98 Å². The molecule has 2 rings (SSSR count). The van der Waals surface area contributed by atoms with E-state index in [1.807, 2.05) is 0 Å². The maximum Gasteiger partial charge on any atom is 0.229 e. The van der Waals surface area contributed by atoms with E-state index in [9.17, 15) is 4.79 Å². The number of nitrogens with one attached hydrogen (secondary N) is 2. The summed E-state index contributed by atoms with van der Waals surface area (Å²) in [5, 5.41) is 2.72. The minimum absolute atomic E-state index is 0.0937. The Hall–Kier alpha value is -1.32. The number of aromatic amines is 1. The van der Waals surface area contributed by atoms with Crippen LogP contribution in [0, 0.1) is 5.92 Å². The fraction of sp³-hybridized carbons (Fsp3) is 0.500. The van der Waals surface area contributed by atoms with Crippen molar-refractivity contribution in [3.05, 3.63) is 12.4 Å². The summed E-state index contributed by atoms with van der Waals surface area (Å²) in [5.41, 5.74) is 0. The molecule has 1 aromatic heterocycles. The van der Waals surface area contributed by atoms with E-state index in [1.54, 1.807) is 12.4 Å². The molecule has 0 spiro atoms. The largest absolute Gasteiger partial charge is 0.331 e. The zero-order valence-electron chi connectivity index (χ0n) is 6.71. The van der Waals surface area contributed by atoms with Gasteiger partial charge >= 0.3 is 0 Å². The van der Waals surface area contributed by atoms with E-state index in [1.165, 1.54) is 6.42 Å². The van der Waals surface area contributed by atoms with Crippen LogP contribution < -0.4 is 5.32 Å². The average Bonchev–Trinajstić information content (AvgIpc) is 2.34. The SMILES string of the molecule is O=C(Nc1ncc[nH]1)C1CCC1. The number of rotatable bonds is 2. The van der Waals surface area contributed by atoms with Crippen LogP contribution in [0.25, 0.3) is 0 Å². The lowest BCUT2D eigenvalue weighted by Gasteiger charge is -2.23. The maximum absolute atomic E-state index is 11.3. The molecule has 0 aromatic carbocycles. The van der Waals surface area contributed by atoms with Gasteiger partial charge in [0.15, 0.2) is 0 Å². The van der Waals surface area contributed by atoms with E-state index in [-0.39, 0.29) is 11.8 Å². The molecule has 4 nitrogen and oxygen atoms in total. The molecule has 0 bridgehead atoms. The van der Waals surface area contributed by atoms with Crippen LogP contribution in [0.3, 0.4) is 0 Å². The third kappa shape index (κ3) is 1.32. The first kappa shape index (κ1) is 7.34. The molecule has 1 aromatic rings. The van der Waals surface area contributed by atoms with E-state index in [0.29, 0.717) is 5.95 Å². The number of hydrogen-bond acceptors (Lipinski definition) is 2. The highest BCUT2D eigenvalue weighted by molar-refractivity contribution is 5.91. The second kappa shape index (κ2) is 2.97. The van der Waals surface area contributed by atoms with Crippen molar-refractivity contribution < 1.29 is 4.79 Å². The first-order chi connectivity index (χ1) is 5.86. The number of carbonyl (C=O) groups is 1. The third-order valence-electron chi connectivity index (χ3n) is 2.22. The van der Waals surface area contributed by atoms with Gasteiger partial charge in [-0.05, 0) is 12.8 Å². The summed E-state index contributed by atoms with van der Waals surface area (Å²) >= 11 is 0. The zero-order valence-corrected chi connectivity index (χ0v) is 6.71. The van der Waals surface area contributed by atoms with Crippen molar-refractivity contribution >= 4 is 11.9 Å². The van der Waals surface area contributed by atoms with Crippen molar-refractivity contribution in [3.8, 4) is 0 Å². The molecule has 64 valence electrons. The van der Waals surface area contributed by atoms with Crippen molar-refractivity contribution in [2.75, 3.05) is 5.32 Å². The van der Waals surface area contributed by atoms with Gasteiger partial charge in [-0.1, -0.05) is 6.42 Å². The van der Waals surface area contributed by atoms with Gasteiger partial charge in [-0.15, -0.1) is 0 Å². The van der Waals surface area contributed by atoms with E-state index >= 15 is 0 Å². The Morgan fingerprint density at radius 1 is 1.67 bits per heavy atom. The number of H-pyrrole nitrogens is 1. The Morgan fingerprint density at radius 2 is 2.50 bits per heavy atom. The number of hydrogen-bond donors (Lipinski definition) is 2. The smallest absolute Gasteiger partial charge is 0.229 e. The average molecular weight is 165 g/mol. The minimum Gasteiger partial charge on any atom is -0.331 e. The molecule has 0 aliphatic heterocycles. The van der Waals surface area contributed by atoms with Crippen LogP contribution in [0.5, 0.6) is 0 Å². The summed E-state index contributed by atoms with van der Waals surface area (Å²) in [6.07, 6.45) is 6.53. The van der Waals surface area contributed by atoms with Crippen LogP contribution in [-0.4, -0.2) is 15.9 Å². The number of aromatic nitrogens is 2. The fourth-order valence-corrected chi connectivity index (χ4v) is 1.22. The zero-order chi connectivity index (χ0) is 8.39. The Balaban J connectivity index is 1.90. The van der Waals surface area contributed by atoms with Gasteiger partial charge in [0, 0.05) is 18.3 Å². The highest BCUT2D eigenvalue weighted by Gasteiger charge is 2.25. The highest BCUT2D eigenvalue weighted by atomic mass is 16.2. The topological polar surface area (TPSA) is 57.8 Å². The van der Waals surface area contributed by atoms with Crippen molar-refractivity contribution in [3.63, 3.8) is 0 Å². The molecule has 2 N–H and O–H groups in total. The number of amides is 1. The monoisotopic (exact) mass is 165 g/mol.